The van der Waals surface area contributed by atoms with Crippen molar-refractivity contribution >= 4 is 5.69 Å². The molecular formula is C16H19N3O4. The molecule has 23 heavy (non-hydrogen) atoms. The molecule has 1 heterocycles. The summed E-state index contributed by atoms with van der Waals surface area (Å²) in [5.41, 5.74) is 7.68. The number of hydrogen-bond acceptors (Lipinski definition) is 6. The average molecular weight is 317 g/mol. The van der Waals surface area contributed by atoms with Crippen LogP contribution in [0.15, 0.2) is 30.5 Å². The van der Waals surface area contributed by atoms with Gasteiger partial charge in [0.15, 0.2) is 5.75 Å². The van der Waals surface area contributed by atoms with Crippen molar-refractivity contribution in [3.63, 3.8) is 0 Å². The second-order valence-corrected chi connectivity index (χ2v) is 4.87. The molecule has 0 saturated heterocycles. The minimum absolute atomic E-state index is 0.104. The van der Waals surface area contributed by atoms with E-state index >= 15 is 0 Å². The highest BCUT2D eigenvalue weighted by Crippen LogP contribution is 2.32. The third-order valence-corrected chi connectivity index (χ3v) is 3.30. The van der Waals surface area contributed by atoms with Gasteiger partial charge in [-0.05, 0) is 24.6 Å². The Morgan fingerprint density at radius 3 is 2.70 bits per heavy atom. The van der Waals surface area contributed by atoms with Crippen LogP contribution in [-0.4, -0.2) is 23.6 Å². The highest BCUT2D eigenvalue weighted by molar-refractivity contribution is 5.67. The van der Waals surface area contributed by atoms with E-state index in [9.17, 15) is 10.1 Å². The lowest BCUT2D eigenvalue weighted by atomic mass is 10.1. The van der Waals surface area contributed by atoms with Crippen LogP contribution in [-0.2, 0) is 6.54 Å². The molecule has 0 radical (unpaired) electrons. The molecule has 0 unspecified atom stereocenters. The SMILES string of the molecule is CCCOc1cnc(-c2ccc(OC)c([N+](=O)[O-])c2)cc1CN. The van der Waals surface area contributed by atoms with Crippen LogP contribution >= 0.6 is 0 Å². The van der Waals surface area contributed by atoms with E-state index in [0.717, 1.165) is 12.0 Å². The summed E-state index contributed by atoms with van der Waals surface area (Å²) in [6.07, 6.45) is 2.49. The van der Waals surface area contributed by atoms with Gasteiger partial charge in [0.2, 0.25) is 0 Å². The van der Waals surface area contributed by atoms with Gasteiger partial charge in [-0.25, -0.2) is 0 Å². The second kappa shape index (κ2) is 7.55. The summed E-state index contributed by atoms with van der Waals surface area (Å²) in [5, 5.41) is 11.1. The molecule has 7 nitrogen and oxygen atoms in total. The summed E-state index contributed by atoms with van der Waals surface area (Å²) in [6.45, 7) is 2.90. The van der Waals surface area contributed by atoms with Crippen LogP contribution in [0.4, 0.5) is 5.69 Å². The molecule has 0 bridgehead atoms. The molecular weight excluding hydrogens is 298 g/mol. The van der Waals surface area contributed by atoms with Gasteiger partial charge >= 0.3 is 5.69 Å². The zero-order valence-electron chi connectivity index (χ0n) is 13.1. The number of methoxy groups -OCH3 is 1. The molecule has 1 aromatic heterocycles. The highest BCUT2D eigenvalue weighted by Gasteiger charge is 2.17. The first-order chi connectivity index (χ1) is 11.1. The van der Waals surface area contributed by atoms with Crippen molar-refractivity contribution in [1.82, 2.24) is 4.98 Å². The fraction of sp³-hybridized carbons (Fsp3) is 0.312. The first kappa shape index (κ1) is 16.7. The number of benzene rings is 1. The number of nitro groups is 1. The predicted molar refractivity (Wildman–Crippen MR) is 86.6 cm³/mol. The minimum atomic E-state index is -0.481. The minimum Gasteiger partial charge on any atom is -0.492 e. The average Bonchev–Trinajstić information content (AvgIpc) is 2.59. The van der Waals surface area contributed by atoms with E-state index in [2.05, 4.69) is 4.98 Å². The van der Waals surface area contributed by atoms with Crippen LogP contribution in [0.25, 0.3) is 11.3 Å². The fourth-order valence-corrected chi connectivity index (χ4v) is 2.14. The summed E-state index contributed by atoms with van der Waals surface area (Å²) in [6, 6.07) is 6.50. The molecule has 2 aromatic rings. The standard InChI is InChI=1S/C16H19N3O4/c1-3-6-23-16-10-18-13(7-12(16)9-17)11-4-5-15(22-2)14(8-11)19(20)21/h4-5,7-8,10H,3,6,9,17H2,1-2H3. The van der Waals surface area contributed by atoms with Crippen LogP contribution in [0.2, 0.25) is 0 Å². The van der Waals surface area contributed by atoms with Crippen molar-refractivity contribution in [1.29, 1.82) is 0 Å². The Bertz CT molecular complexity index is 704. The molecule has 0 fully saturated rings. The number of aromatic nitrogens is 1. The lowest BCUT2D eigenvalue weighted by molar-refractivity contribution is -0.385. The Balaban J connectivity index is 2.42. The topological polar surface area (TPSA) is 101 Å². The van der Waals surface area contributed by atoms with Gasteiger partial charge in [0.05, 0.1) is 30.5 Å². The van der Waals surface area contributed by atoms with Gasteiger partial charge in [0, 0.05) is 23.7 Å². The van der Waals surface area contributed by atoms with Gasteiger partial charge in [-0.15, -0.1) is 0 Å². The van der Waals surface area contributed by atoms with Crippen molar-refractivity contribution in [2.75, 3.05) is 13.7 Å². The molecule has 7 heteroatoms. The summed E-state index contributed by atoms with van der Waals surface area (Å²) >= 11 is 0. The molecule has 0 aliphatic carbocycles. The first-order valence-corrected chi connectivity index (χ1v) is 7.25. The molecule has 0 spiro atoms. The summed E-state index contributed by atoms with van der Waals surface area (Å²) < 4.78 is 10.6. The van der Waals surface area contributed by atoms with Crippen molar-refractivity contribution in [2.45, 2.75) is 19.9 Å². The van der Waals surface area contributed by atoms with Crippen molar-refractivity contribution in [3.05, 3.63) is 46.1 Å². The number of rotatable bonds is 7. The molecule has 0 atom stereocenters. The Morgan fingerprint density at radius 1 is 1.30 bits per heavy atom. The molecule has 1 aromatic carbocycles. The first-order valence-electron chi connectivity index (χ1n) is 7.25. The van der Waals surface area contributed by atoms with Crippen molar-refractivity contribution < 1.29 is 14.4 Å². The molecule has 0 amide bonds. The van der Waals surface area contributed by atoms with Crippen LogP contribution in [0.3, 0.4) is 0 Å². The van der Waals surface area contributed by atoms with Crippen LogP contribution in [0.5, 0.6) is 11.5 Å². The largest absolute Gasteiger partial charge is 0.492 e. The van der Waals surface area contributed by atoms with Gasteiger partial charge < -0.3 is 15.2 Å². The van der Waals surface area contributed by atoms with Gasteiger partial charge in [0.25, 0.3) is 0 Å². The normalized spacial score (nSPS) is 10.4. The summed E-state index contributed by atoms with van der Waals surface area (Å²) in [5.74, 6) is 0.849. The van der Waals surface area contributed by atoms with Crippen LogP contribution < -0.4 is 15.2 Å². The number of hydrogen-bond donors (Lipinski definition) is 1. The third kappa shape index (κ3) is 3.75. The highest BCUT2D eigenvalue weighted by atomic mass is 16.6. The monoisotopic (exact) mass is 317 g/mol. The van der Waals surface area contributed by atoms with Gasteiger partial charge in [-0.1, -0.05) is 6.92 Å². The quantitative estimate of drug-likeness (QED) is 0.622. The smallest absolute Gasteiger partial charge is 0.311 e. The van der Waals surface area contributed by atoms with Crippen molar-refractivity contribution in [3.8, 4) is 22.8 Å². The molecule has 2 N–H and O–H groups in total. The lowest BCUT2D eigenvalue weighted by Crippen LogP contribution is -2.04. The van der Waals surface area contributed by atoms with E-state index in [4.69, 9.17) is 15.2 Å². The van der Waals surface area contributed by atoms with Crippen LogP contribution in [0.1, 0.15) is 18.9 Å². The van der Waals surface area contributed by atoms with E-state index in [-0.39, 0.29) is 11.4 Å². The molecule has 0 saturated carbocycles. The number of nitrogens with two attached hydrogens (primary N) is 1. The van der Waals surface area contributed by atoms with E-state index in [1.807, 2.05) is 6.92 Å². The fourth-order valence-electron chi connectivity index (χ4n) is 2.14. The van der Waals surface area contributed by atoms with E-state index in [0.29, 0.717) is 30.2 Å². The Morgan fingerprint density at radius 2 is 2.09 bits per heavy atom. The summed E-state index contributed by atoms with van der Waals surface area (Å²) in [7, 11) is 1.40. The Labute approximate surface area is 134 Å². The van der Waals surface area contributed by atoms with E-state index in [1.54, 1.807) is 24.4 Å². The number of nitro benzene ring substituents is 1. The van der Waals surface area contributed by atoms with Gasteiger partial charge in [0.1, 0.15) is 5.75 Å². The second-order valence-electron chi connectivity index (χ2n) is 4.87. The molecule has 122 valence electrons. The molecule has 2 rings (SSSR count). The number of ether oxygens (including phenoxy) is 2. The zero-order valence-corrected chi connectivity index (χ0v) is 13.1. The maximum Gasteiger partial charge on any atom is 0.311 e. The third-order valence-electron chi connectivity index (χ3n) is 3.30. The molecule has 0 aliphatic heterocycles. The maximum absolute atomic E-state index is 11.1. The Kier molecular flexibility index (Phi) is 5.48. The molecule has 0 aliphatic rings. The van der Waals surface area contributed by atoms with E-state index < -0.39 is 4.92 Å². The zero-order chi connectivity index (χ0) is 16.8. The number of nitrogens with zero attached hydrogens (tertiary/aromatic N) is 2. The lowest BCUT2D eigenvalue weighted by Gasteiger charge is -2.11. The van der Waals surface area contributed by atoms with Crippen LogP contribution in [0, 0.1) is 10.1 Å². The Hall–Kier alpha value is -2.67. The predicted octanol–water partition coefficient (Wildman–Crippen LogP) is 2.91. The van der Waals surface area contributed by atoms with Gasteiger partial charge in [-0.2, -0.15) is 0 Å². The summed E-state index contributed by atoms with van der Waals surface area (Å²) in [4.78, 5) is 15.0. The number of pyridine rings is 1. The van der Waals surface area contributed by atoms with Crippen molar-refractivity contribution in [2.24, 2.45) is 5.73 Å². The van der Waals surface area contributed by atoms with E-state index in [1.165, 1.54) is 13.2 Å². The van der Waals surface area contributed by atoms with Gasteiger partial charge in [-0.3, -0.25) is 15.1 Å². The maximum atomic E-state index is 11.1.